The first kappa shape index (κ1) is 21.5. The van der Waals surface area contributed by atoms with Gasteiger partial charge in [-0.3, -0.25) is 14.6 Å². The molecule has 31 heavy (non-hydrogen) atoms. The SMILES string of the molecule is CNC(=O)C1(Cc2cccc(-c3cccnc3)c2)CN(C(=O)C2CCCCC2)CCO1. The van der Waals surface area contributed by atoms with Gasteiger partial charge in [-0.25, -0.2) is 0 Å². The monoisotopic (exact) mass is 421 g/mol. The van der Waals surface area contributed by atoms with Gasteiger partial charge in [0.05, 0.1) is 13.2 Å². The number of morpholine rings is 1. The van der Waals surface area contributed by atoms with Gasteiger partial charge in [0.15, 0.2) is 5.60 Å². The van der Waals surface area contributed by atoms with E-state index in [9.17, 15) is 9.59 Å². The largest absolute Gasteiger partial charge is 0.361 e. The van der Waals surface area contributed by atoms with Crippen molar-refractivity contribution in [3.63, 3.8) is 0 Å². The first-order chi connectivity index (χ1) is 15.1. The fourth-order valence-electron chi connectivity index (χ4n) is 4.86. The molecule has 1 unspecified atom stereocenters. The van der Waals surface area contributed by atoms with Crippen molar-refractivity contribution in [2.75, 3.05) is 26.7 Å². The van der Waals surface area contributed by atoms with Crippen LogP contribution in [0.5, 0.6) is 0 Å². The summed E-state index contributed by atoms with van der Waals surface area (Å²) < 4.78 is 6.12. The molecule has 2 fully saturated rings. The molecule has 0 radical (unpaired) electrons. The van der Waals surface area contributed by atoms with E-state index in [0.717, 1.165) is 42.4 Å². The summed E-state index contributed by atoms with van der Waals surface area (Å²) >= 11 is 0. The highest BCUT2D eigenvalue weighted by Crippen LogP contribution is 2.30. The second-order valence-electron chi connectivity index (χ2n) is 8.64. The van der Waals surface area contributed by atoms with Gasteiger partial charge in [0.25, 0.3) is 5.91 Å². The number of benzene rings is 1. The minimum atomic E-state index is -1.08. The van der Waals surface area contributed by atoms with Crippen LogP contribution in [0.3, 0.4) is 0 Å². The molecule has 1 aromatic heterocycles. The number of carbonyl (C=O) groups excluding carboxylic acids is 2. The molecule has 1 atom stereocenters. The number of pyridine rings is 1. The van der Waals surface area contributed by atoms with Crippen molar-refractivity contribution >= 4 is 11.8 Å². The first-order valence-electron chi connectivity index (χ1n) is 11.3. The number of hydrogen-bond donors (Lipinski definition) is 1. The Bertz CT molecular complexity index is 911. The van der Waals surface area contributed by atoms with Crippen LogP contribution in [-0.2, 0) is 20.7 Å². The third-order valence-electron chi connectivity index (χ3n) is 6.50. The molecule has 1 N–H and O–H groups in total. The van der Waals surface area contributed by atoms with E-state index in [1.54, 1.807) is 13.2 Å². The van der Waals surface area contributed by atoms with Crippen molar-refractivity contribution in [2.24, 2.45) is 5.92 Å². The lowest BCUT2D eigenvalue weighted by atomic mass is 9.86. The van der Waals surface area contributed by atoms with E-state index >= 15 is 0 Å². The predicted molar refractivity (Wildman–Crippen MR) is 119 cm³/mol. The quantitative estimate of drug-likeness (QED) is 0.805. The number of carbonyl (C=O) groups is 2. The van der Waals surface area contributed by atoms with Crippen LogP contribution in [0, 0.1) is 5.92 Å². The van der Waals surface area contributed by atoms with Gasteiger partial charge in [0.1, 0.15) is 0 Å². The lowest BCUT2D eigenvalue weighted by molar-refractivity contribution is -0.167. The molecule has 2 aliphatic rings. The fraction of sp³-hybridized carbons (Fsp3) is 0.480. The van der Waals surface area contributed by atoms with Crippen molar-refractivity contribution in [1.82, 2.24) is 15.2 Å². The Morgan fingerprint density at radius 3 is 2.71 bits per heavy atom. The van der Waals surface area contributed by atoms with Crippen LogP contribution in [0.2, 0.25) is 0 Å². The molecule has 4 rings (SSSR count). The summed E-state index contributed by atoms with van der Waals surface area (Å²) in [6.45, 7) is 1.21. The standard InChI is InChI=1S/C25H31N3O3/c1-26-24(30)25(16-19-7-5-10-21(15-19)22-11-6-12-27-17-22)18-28(13-14-31-25)23(29)20-8-3-2-4-9-20/h5-7,10-12,15,17,20H,2-4,8-9,13-14,16,18H2,1H3,(H,26,30). The zero-order chi connectivity index (χ0) is 21.7. The number of rotatable bonds is 5. The highest BCUT2D eigenvalue weighted by Gasteiger charge is 2.45. The number of likely N-dealkylation sites (N-methyl/N-ethyl adjacent to an activating group) is 1. The molecule has 6 heteroatoms. The zero-order valence-electron chi connectivity index (χ0n) is 18.2. The summed E-state index contributed by atoms with van der Waals surface area (Å²) in [4.78, 5) is 32.2. The highest BCUT2D eigenvalue weighted by molar-refractivity contribution is 5.87. The molecule has 0 bridgehead atoms. The number of ether oxygens (including phenoxy) is 1. The maximum Gasteiger partial charge on any atom is 0.254 e. The minimum Gasteiger partial charge on any atom is -0.361 e. The maximum atomic E-state index is 13.2. The van der Waals surface area contributed by atoms with Gasteiger partial charge in [-0.05, 0) is 35.6 Å². The van der Waals surface area contributed by atoms with Gasteiger partial charge in [-0.2, -0.15) is 0 Å². The number of aromatic nitrogens is 1. The lowest BCUT2D eigenvalue weighted by Gasteiger charge is -2.42. The molecule has 1 saturated heterocycles. The number of hydrogen-bond acceptors (Lipinski definition) is 4. The Labute approximate surface area is 184 Å². The molecule has 2 aromatic rings. The van der Waals surface area contributed by atoms with Crippen molar-refractivity contribution in [3.8, 4) is 11.1 Å². The van der Waals surface area contributed by atoms with E-state index in [0.29, 0.717) is 26.1 Å². The lowest BCUT2D eigenvalue weighted by Crippen LogP contribution is -2.62. The third kappa shape index (κ3) is 4.79. The summed E-state index contributed by atoms with van der Waals surface area (Å²) in [5.41, 5.74) is 1.99. The second-order valence-corrected chi connectivity index (χ2v) is 8.64. The Morgan fingerprint density at radius 2 is 1.97 bits per heavy atom. The molecule has 2 amide bonds. The summed E-state index contributed by atoms with van der Waals surface area (Å²) in [7, 11) is 1.63. The van der Waals surface area contributed by atoms with Crippen molar-refractivity contribution in [3.05, 3.63) is 54.4 Å². The van der Waals surface area contributed by atoms with Crippen LogP contribution in [0.25, 0.3) is 11.1 Å². The van der Waals surface area contributed by atoms with Crippen LogP contribution in [0.1, 0.15) is 37.7 Å². The van der Waals surface area contributed by atoms with E-state index in [4.69, 9.17) is 4.74 Å². The van der Waals surface area contributed by atoms with Gasteiger partial charge >= 0.3 is 0 Å². The van der Waals surface area contributed by atoms with Crippen LogP contribution >= 0.6 is 0 Å². The molecule has 1 aliphatic carbocycles. The summed E-state index contributed by atoms with van der Waals surface area (Å²) in [6, 6.07) is 12.0. The maximum absolute atomic E-state index is 13.2. The van der Waals surface area contributed by atoms with E-state index in [2.05, 4.69) is 16.4 Å². The number of amides is 2. The first-order valence-corrected chi connectivity index (χ1v) is 11.3. The molecule has 164 valence electrons. The molecule has 1 saturated carbocycles. The van der Waals surface area contributed by atoms with E-state index in [1.165, 1.54) is 6.42 Å². The Morgan fingerprint density at radius 1 is 1.16 bits per heavy atom. The van der Waals surface area contributed by atoms with Crippen LogP contribution in [-0.4, -0.2) is 54.0 Å². The fourth-order valence-corrected chi connectivity index (χ4v) is 4.86. The smallest absolute Gasteiger partial charge is 0.254 e. The van der Waals surface area contributed by atoms with Gasteiger partial charge in [-0.15, -0.1) is 0 Å². The third-order valence-corrected chi connectivity index (χ3v) is 6.50. The van der Waals surface area contributed by atoms with E-state index in [-0.39, 0.29) is 17.7 Å². The molecule has 1 aliphatic heterocycles. The summed E-state index contributed by atoms with van der Waals surface area (Å²) in [5, 5.41) is 2.77. The number of nitrogens with one attached hydrogen (secondary N) is 1. The Hall–Kier alpha value is -2.73. The molecule has 0 spiro atoms. The molecular weight excluding hydrogens is 390 g/mol. The van der Waals surface area contributed by atoms with Crippen LogP contribution in [0.4, 0.5) is 0 Å². The normalized spacial score (nSPS) is 22.2. The topological polar surface area (TPSA) is 71.5 Å². The van der Waals surface area contributed by atoms with E-state index in [1.807, 2.05) is 41.4 Å². The van der Waals surface area contributed by atoms with E-state index < -0.39 is 5.60 Å². The van der Waals surface area contributed by atoms with Crippen molar-refractivity contribution in [2.45, 2.75) is 44.1 Å². The average Bonchev–Trinajstić information content (AvgIpc) is 2.84. The Balaban J connectivity index is 1.57. The summed E-state index contributed by atoms with van der Waals surface area (Å²) in [5.74, 6) is 0.0870. The van der Waals surface area contributed by atoms with Crippen LogP contribution in [0.15, 0.2) is 48.8 Å². The zero-order valence-corrected chi connectivity index (χ0v) is 18.2. The average molecular weight is 422 g/mol. The second kappa shape index (κ2) is 9.60. The molecule has 6 nitrogen and oxygen atoms in total. The van der Waals surface area contributed by atoms with Gasteiger partial charge in [0, 0.05) is 38.3 Å². The summed E-state index contributed by atoms with van der Waals surface area (Å²) in [6.07, 6.45) is 9.34. The van der Waals surface area contributed by atoms with Gasteiger partial charge < -0.3 is 15.0 Å². The predicted octanol–water partition coefficient (Wildman–Crippen LogP) is 3.22. The van der Waals surface area contributed by atoms with Crippen LogP contribution < -0.4 is 5.32 Å². The van der Waals surface area contributed by atoms with Crippen molar-refractivity contribution < 1.29 is 14.3 Å². The molecule has 1 aromatic carbocycles. The van der Waals surface area contributed by atoms with Gasteiger partial charge in [0.2, 0.25) is 5.91 Å². The molecule has 2 heterocycles. The highest BCUT2D eigenvalue weighted by atomic mass is 16.5. The minimum absolute atomic E-state index is 0.0862. The van der Waals surface area contributed by atoms with Gasteiger partial charge in [-0.1, -0.05) is 49.6 Å². The molecular formula is C25H31N3O3. The Kier molecular flexibility index (Phi) is 6.66. The van der Waals surface area contributed by atoms with Crippen molar-refractivity contribution in [1.29, 1.82) is 0 Å². The number of nitrogens with zero attached hydrogens (tertiary/aromatic N) is 2.